The van der Waals surface area contributed by atoms with E-state index in [1.54, 1.807) is 0 Å². The van der Waals surface area contributed by atoms with E-state index in [1.165, 1.54) is 25.2 Å². The van der Waals surface area contributed by atoms with Crippen molar-refractivity contribution < 1.29 is 4.79 Å². The monoisotopic (exact) mass is 334 g/mol. The fourth-order valence-electron chi connectivity index (χ4n) is 4.00. The second-order valence-electron chi connectivity index (χ2n) is 6.92. The molecule has 1 aromatic carbocycles. The van der Waals surface area contributed by atoms with Gasteiger partial charge in [0.05, 0.1) is 6.04 Å². The van der Waals surface area contributed by atoms with Crippen LogP contribution >= 0.6 is 0 Å². The smallest absolute Gasteiger partial charge is 0.245 e. The van der Waals surface area contributed by atoms with Gasteiger partial charge in [0.2, 0.25) is 5.91 Å². The van der Waals surface area contributed by atoms with Crippen LogP contribution in [-0.4, -0.2) is 49.2 Å². The van der Waals surface area contributed by atoms with Gasteiger partial charge in [0.25, 0.3) is 0 Å². The Morgan fingerprint density at radius 1 is 1.04 bits per heavy atom. The number of benzene rings is 1. The molecule has 2 saturated heterocycles. The molecule has 0 N–H and O–H groups in total. The van der Waals surface area contributed by atoms with Crippen molar-refractivity contribution in [1.82, 2.24) is 9.80 Å². The zero-order valence-electron chi connectivity index (χ0n) is 14.9. The Morgan fingerprint density at radius 2 is 1.80 bits per heavy atom. The molecule has 3 rings (SSSR count). The summed E-state index contributed by atoms with van der Waals surface area (Å²) in [6.07, 6.45) is 11.6. The van der Waals surface area contributed by atoms with E-state index in [2.05, 4.69) is 28.0 Å². The summed E-state index contributed by atoms with van der Waals surface area (Å²) in [7, 11) is 5.41. The Hall–Kier alpha value is -1.81. The van der Waals surface area contributed by atoms with Crippen LogP contribution in [0.5, 0.6) is 0 Å². The van der Waals surface area contributed by atoms with Crippen LogP contribution in [0.3, 0.4) is 0 Å². The lowest BCUT2D eigenvalue weighted by Crippen LogP contribution is -2.46. The summed E-state index contributed by atoms with van der Waals surface area (Å²) in [6, 6.07) is 10.3. The van der Waals surface area contributed by atoms with Crippen LogP contribution in [0, 0.1) is 0 Å². The standard InChI is InChI=1S/C21H27BN2O/c22-14-6-5-12-19-13-9-17-24(19)21(25)20(18-10-3-1-4-11-18)23-15-7-2-8-16-23/h1,3-6,10-12,14,19-20H,2,7-9,13,15-17H2/t19-,20+/m1/s1. The molecular weight excluding hydrogens is 307 g/mol. The summed E-state index contributed by atoms with van der Waals surface area (Å²) in [6.45, 7) is 2.86. The molecule has 4 heteroatoms. The van der Waals surface area contributed by atoms with E-state index in [4.69, 9.17) is 7.85 Å². The Bertz CT molecular complexity index is 608. The molecule has 130 valence electrons. The summed E-state index contributed by atoms with van der Waals surface area (Å²) in [5, 5.41) is 0. The molecule has 2 heterocycles. The highest BCUT2D eigenvalue weighted by Crippen LogP contribution is 2.30. The summed E-state index contributed by atoms with van der Waals surface area (Å²) in [5.41, 5.74) is 1.12. The first kappa shape index (κ1) is 18.0. The highest BCUT2D eigenvalue weighted by molar-refractivity contribution is 6.17. The van der Waals surface area contributed by atoms with Gasteiger partial charge in [0, 0.05) is 6.54 Å². The molecule has 1 aromatic rings. The van der Waals surface area contributed by atoms with Crippen molar-refractivity contribution in [1.29, 1.82) is 0 Å². The van der Waals surface area contributed by atoms with E-state index in [1.807, 2.05) is 30.4 Å². The molecular formula is C21H27BN2O. The minimum Gasteiger partial charge on any atom is -0.335 e. The number of carbonyl (C=O) groups is 1. The largest absolute Gasteiger partial charge is 0.335 e. The van der Waals surface area contributed by atoms with Gasteiger partial charge >= 0.3 is 0 Å². The van der Waals surface area contributed by atoms with E-state index in [-0.39, 0.29) is 18.0 Å². The topological polar surface area (TPSA) is 23.6 Å². The molecule has 2 aliphatic heterocycles. The Morgan fingerprint density at radius 3 is 2.52 bits per heavy atom. The molecule has 0 bridgehead atoms. The molecule has 25 heavy (non-hydrogen) atoms. The number of likely N-dealkylation sites (tertiary alicyclic amines) is 2. The predicted molar refractivity (Wildman–Crippen MR) is 103 cm³/mol. The van der Waals surface area contributed by atoms with Crippen molar-refractivity contribution in [2.45, 2.75) is 44.2 Å². The molecule has 0 saturated carbocycles. The maximum Gasteiger partial charge on any atom is 0.245 e. The van der Waals surface area contributed by atoms with Crippen LogP contribution in [0.4, 0.5) is 0 Å². The third-order valence-corrected chi connectivity index (χ3v) is 5.24. The molecule has 2 aliphatic rings. The first-order chi connectivity index (χ1) is 12.3. The van der Waals surface area contributed by atoms with Crippen molar-refractivity contribution in [2.24, 2.45) is 0 Å². The average Bonchev–Trinajstić information content (AvgIpc) is 3.12. The number of amides is 1. The van der Waals surface area contributed by atoms with E-state index >= 15 is 0 Å². The van der Waals surface area contributed by atoms with Gasteiger partial charge in [-0.2, -0.15) is 0 Å². The second-order valence-corrected chi connectivity index (χ2v) is 6.92. The van der Waals surface area contributed by atoms with Gasteiger partial charge in [-0.15, -0.1) is 5.98 Å². The van der Waals surface area contributed by atoms with Crippen LogP contribution < -0.4 is 0 Å². The van der Waals surface area contributed by atoms with E-state index in [9.17, 15) is 4.79 Å². The van der Waals surface area contributed by atoms with Gasteiger partial charge in [-0.3, -0.25) is 9.69 Å². The number of hydrogen-bond donors (Lipinski definition) is 0. The average molecular weight is 334 g/mol. The lowest BCUT2D eigenvalue weighted by atomic mass is 10.00. The molecule has 2 atom stereocenters. The number of allylic oxidation sites excluding steroid dienone is 2. The molecule has 3 nitrogen and oxygen atoms in total. The molecule has 0 unspecified atom stereocenters. The van der Waals surface area contributed by atoms with Crippen molar-refractivity contribution in [3.8, 4) is 0 Å². The van der Waals surface area contributed by atoms with Gasteiger partial charge in [0.1, 0.15) is 13.9 Å². The third-order valence-electron chi connectivity index (χ3n) is 5.24. The summed E-state index contributed by atoms with van der Waals surface area (Å²) in [5.74, 6) is 1.77. The van der Waals surface area contributed by atoms with Gasteiger partial charge < -0.3 is 4.90 Å². The Kier molecular flexibility index (Phi) is 6.51. The highest BCUT2D eigenvalue weighted by Gasteiger charge is 2.36. The maximum absolute atomic E-state index is 13.5. The van der Waals surface area contributed by atoms with Gasteiger partial charge in [-0.25, -0.2) is 0 Å². The first-order valence-corrected chi connectivity index (χ1v) is 9.46. The maximum atomic E-state index is 13.5. The lowest BCUT2D eigenvalue weighted by Gasteiger charge is -2.37. The van der Waals surface area contributed by atoms with Gasteiger partial charge in [-0.1, -0.05) is 55.0 Å². The van der Waals surface area contributed by atoms with E-state index < -0.39 is 0 Å². The number of carbonyl (C=O) groups excluding carboxylic acids is 1. The third kappa shape index (κ3) is 4.43. The van der Waals surface area contributed by atoms with Crippen molar-refractivity contribution in [2.75, 3.05) is 19.6 Å². The fraction of sp³-hybridized carbons (Fsp3) is 0.476. The molecule has 0 aliphatic carbocycles. The van der Waals surface area contributed by atoms with E-state index in [0.717, 1.165) is 38.0 Å². The zero-order valence-corrected chi connectivity index (χ0v) is 14.9. The lowest BCUT2D eigenvalue weighted by molar-refractivity contribution is -0.137. The summed E-state index contributed by atoms with van der Waals surface area (Å²) in [4.78, 5) is 17.9. The number of piperidine rings is 1. The van der Waals surface area contributed by atoms with Crippen molar-refractivity contribution >= 4 is 13.8 Å². The van der Waals surface area contributed by atoms with Crippen LogP contribution in [-0.2, 0) is 4.79 Å². The minimum absolute atomic E-state index is 0.152. The number of hydrogen-bond acceptors (Lipinski definition) is 2. The Labute approximate surface area is 152 Å². The number of nitrogens with zero attached hydrogens (tertiary/aromatic N) is 2. The summed E-state index contributed by atoms with van der Waals surface area (Å²) >= 11 is 0. The van der Waals surface area contributed by atoms with Crippen LogP contribution in [0.1, 0.15) is 43.7 Å². The molecule has 0 spiro atoms. The molecule has 0 aromatic heterocycles. The van der Waals surface area contributed by atoms with Crippen molar-refractivity contribution in [3.63, 3.8) is 0 Å². The van der Waals surface area contributed by atoms with Crippen LogP contribution in [0.15, 0.2) is 54.5 Å². The SMILES string of the molecule is [B]C=CC=C[C@@H]1CCCN1C(=O)[C@H](c1ccccc1)N1CCCCC1. The van der Waals surface area contributed by atoms with E-state index in [0.29, 0.717) is 0 Å². The van der Waals surface area contributed by atoms with Gasteiger partial charge in [-0.05, 0) is 44.3 Å². The predicted octanol–water partition coefficient (Wildman–Crippen LogP) is 3.44. The second kappa shape index (κ2) is 9.05. The fourth-order valence-corrected chi connectivity index (χ4v) is 4.00. The van der Waals surface area contributed by atoms with Gasteiger partial charge in [0.15, 0.2) is 0 Å². The zero-order chi connectivity index (χ0) is 17.5. The number of rotatable bonds is 5. The van der Waals surface area contributed by atoms with Crippen LogP contribution in [0.2, 0.25) is 0 Å². The highest BCUT2D eigenvalue weighted by atomic mass is 16.2. The van der Waals surface area contributed by atoms with Crippen molar-refractivity contribution in [3.05, 3.63) is 60.1 Å². The molecule has 1 amide bonds. The van der Waals surface area contributed by atoms with Crippen LogP contribution in [0.25, 0.3) is 0 Å². The minimum atomic E-state index is -0.152. The molecule has 2 radical (unpaired) electrons. The first-order valence-electron chi connectivity index (χ1n) is 9.46. The summed E-state index contributed by atoms with van der Waals surface area (Å²) < 4.78 is 0. The quantitative estimate of drug-likeness (QED) is 0.608. The molecule has 2 fully saturated rings. The Balaban J connectivity index is 1.83. The normalized spacial score (nSPS) is 23.5.